The fourth-order valence-electron chi connectivity index (χ4n) is 3.43. The van der Waals surface area contributed by atoms with Crippen molar-refractivity contribution in [2.45, 2.75) is 18.0 Å². The third kappa shape index (κ3) is 4.85. The first-order chi connectivity index (χ1) is 16.4. The molecule has 0 saturated carbocycles. The minimum absolute atomic E-state index is 0.0191. The molecule has 0 bridgehead atoms. The Hall–Kier alpha value is -3.17. The van der Waals surface area contributed by atoms with Gasteiger partial charge in [0.2, 0.25) is 11.5 Å². The van der Waals surface area contributed by atoms with E-state index >= 15 is 0 Å². The number of anilines is 1. The molecule has 1 fully saturated rings. The van der Waals surface area contributed by atoms with Crippen LogP contribution in [0.1, 0.15) is 5.82 Å². The molecule has 0 aliphatic carbocycles. The summed E-state index contributed by atoms with van der Waals surface area (Å²) in [6.45, 7) is 0.337. The van der Waals surface area contributed by atoms with Crippen molar-refractivity contribution in [2.75, 3.05) is 23.7 Å². The van der Waals surface area contributed by atoms with Gasteiger partial charge in [0.1, 0.15) is 17.1 Å². The Morgan fingerprint density at radius 1 is 1.41 bits per heavy atom. The molecule has 0 radical (unpaired) electrons. The van der Waals surface area contributed by atoms with E-state index in [1.165, 1.54) is 28.4 Å². The molecule has 4 heterocycles. The van der Waals surface area contributed by atoms with Crippen molar-refractivity contribution in [3.63, 3.8) is 0 Å². The topological polar surface area (TPSA) is 164 Å². The lowest BCUT2D eigenvalue weighted by atomic mass is 10.0. The smallest absolute Gasteiger partial charge is 0.352 e. The number of pyridine rings is 1. The molecule has 1 saturated heterocycles. The van der Waals surface area contributed by atoms with Crippen molar-refractivity contribution in [1.82, 2.24) is 19.6 Å². The predicted molar refractivity (Wildman–Crippen MR) is 127 cm³/mol. The average Bonchev–Trinajstić information content (AvgIpc) is 3.26. The van der Waals surface area contributed by atoms with Crippen LogP contribution in [-0.4, -0.2) is 72.2 Å². The van der Waals surface area contributed by atoms with E-state index < -0.39 is 29.2 Å². The molecule has 2 amide bonds. The van der Waals surface area contributed by atoms with Crippen LogP contribution in [0.25, 0.3) is 0 Å². The second kappa shape index (κ2) is 10.4. The molecular weight excluding hydrogens is 502 g/mol. The third-order valence-electron chi connectivity index (χ3n) is 4.88. The number of nitrogens with zero attached hydrogens (tertiary/aromatic N) is 5. The normalized spacial score (nSPS) is 20.0. The number of thioether (sulfide) groups is 2. The highest BCUT2D eigenvalue weighted by Crippen LogP contribution is 2.40. The van der Waals surface area contributed by atoms with Crippen molar-refractivity contribution in [2.24, 2.45) is 5.16 Å². The van der Waals surface area contributed by atoms with Gasteiger partial charge < -0.3 is 21.0 Å². The second-order valence-corrected chi connectivity index (χ2v) is 9.80. The number of rotatable bonds is 9. The van der Waals surface area contributed by atoms with Gasteiger partial charge in [-0.2, -0.15) is 9.36 Å². The number of carboxylic acids is 1. The number of carbonyl (C=O) groups is 3. The third-order valence-corrected chi connectivity index (χ3v) is 7.11. The minimum Gasteiger partial charge on any atom is -0.477 e. The molecule has 178 valence electrons. The van der Waals surface area contributed by atoms with Gasteiger partial charge in [0.25, 0.3) is 11.8 Å². The Labute approximate surface area is 206 Å². The van der Waals surface area contributed by atoms with Crippen LogP contribution in [0.4, 0.5) is 5.13 Å². The van der Waals surface area contributed by atoms with Crippen LogP contribution in [0.5, 0.6) is 0 Å². The number of β-lactam (4-membered cyclic amide) rings is 1. The molecule has 1 unspecified atom stereocenters. The quantitative estimate of drug-likeness (QED) is 0.101. The zero-order chi connectivity index (χ0) is 24.2. The first-order valence-electron chi connectivity index (χ1n) is 9.84. The largest absolute Gasteiger partial charge is 0.477 e. The Balaban J connectivity index is 1.52. The molecule has 4 rings (SSSR count). The van der Waals surface area contributed by atoms with Crippen LogP contribution in [0, 0.1) is 0 Å². The van der Waals surface area contributed by atoms with Gasteiger partial charge >= 0.3 is 5.97 Å². The molecule has 2 atom stereocenters. The number of oxime groups is 1. The summed E-state index contributed by atoms with van der Waals surface area (Å²) >= 11 is 3.63. The molecular formula is C19H20N7O5S3+. The maximum atomic E-state index is 12.9. The van der Waals surface area contributed by atoms with E-state index in [1.54, 1.807) is 6.26 Å². The first-order valence-corrected chi connectivity index (χ1v) is 13.1. The number of aliphatic carboxylic acids is 1. The van der Waals surface area contributed by atoms with Crippen LogP contribution in [0.3, 0.4) is 0 Å². The Morgan fingerprint density at radius 2 is 2.18 bits per heavy atom. The van der Waals surface area contributed by atoms with E-state index in [1.807, 2.05) is 35.2 Å². The van der Waals surface area contributed by atoms with Crippen LogP contribution in [-0.2, 0) is 25.8 Å². The maximum Gasteiger partial charge on any atom is 0.352 e. The van der Waals surface area contributed by atoms with E-state index in [2.05, 4.69) is 19.8 Å². The lowest BCUT2D eigenvalue weighted by molar-refractivity contribution is -0.689. The highest BCUT2D eigenvalue weighted by Gasteiger charge is 2.54. The van der Waals surface area contributed by atoms with E-state index in [4.69, 9.17) is 10.6 Å². The summed E-state index contributed by atoms with van der Waals surface area (Å²) in [6.07, 6.45) is 5.45. The van der Waals surface area contributed by atoms with Gasteiger partial charge in [-0.1, -0.05) is 11.2 Å². The monoisotopic (exact) mass is 522 g/mol. The average molecular weight is 523 g/mol. The number of aromatic nitrogens is 3. The standard InChI is InChI=1S/C19H19N7O5S3/c1-32-9-31-23-11(14-22-19(20)34-24-14)15(27)21-12-16(28)26-13(18(29)30)10(8-33-17(12)26)7-25-5-3-2-4-6-25/h2-6,12,17H,7-9H2,1H3,(H3-,20,21,22,24,27,29,30)/p+1/b23-11-/t12?,17-/m1/s1. The minimum atomic E-state index is -1.19. The fourth-order valence-corrected chi connectivity index (χ4v) is 5.36. The van der Waals surface area contributed by atoms with Gasteiger partial charge in [-0.3, -0.25) is 14.5 Å². The number of nitrogens with one attached hydrogen (secondary N) is 1. The molecule has 12 nitrogen and oxygen atoms in total. The maximum absolute atomic E-state index is 12.9. The highest BCUT2D eigenvalue weighted by molar-refractivity contribution is 8.00. The van der Waals surface area contributed by atoms with Gasteiger partial charge in [-0.25, -0.2) is 9.36 Å². The lowest BCUT2D eigenvalue weighted by Gasteiger charge is -2.49. The van der Waals surface area contributed by atoms with Crippen molar-refractivity contribution < 1.29 is 28.9 Å². The summed E-state index contributed by atoms with van der Waals surface area (Å²) in [7, 11) is 0. The van der Waals surface area contributed by atoms with Crippen LogP contribution < -0.4 is 15.6 Å². The fraction of sp³-hybridized carbons (Fsp3) is 0.316. The van der Waals surface area contributed by atoms with E-state index in [-0.39, 0.29) is 28.3 Å². The molecule has 2 aliphatic rings. The highest BCUT2D eigenvalue weighted by atomic mass is 32.2. The molecule has 4 N–H and O–H groups in total. The van der Waals surface area contributed by atoms with Crippen molar-refractivity contribution >= 4 is 63.7 Å². The Morgan fingerprint density at radius 3 is 2.82 bits per heavy atom. The van der Waals surface area contributed by atoms with Crippen LogP contribution in [0.15, 0.2) is 47.0 Å². The Kier molecular flexibility index (Phi) is 7.33. The van der Waals surface area contributed by atoms with Gasteiger partial charge in [-0.05, 0) is 6.26 Å². The number of nitrogens with two attached hydrogens (primary N) is 1. The van der Waals surface area contributed by atoms with Gasteiger partial charge in [-0.15, -0.1) is 23.5 Å². The number of hydrogen-bond donors (Lipinski definition) is 3. The summed E-state index contributed by atoms with van der Waals surface area (Å²) < 4.78 is 5.83. The molecule has 2 aliphatic heterocycles. The van der Waals surface area contributed by atoms with Gasteiger partial charge in [0, 0.05) is 35.0 Å². The zero-order valence-corrected chi connectivity index (χ0v) is 20.2. The van der Waals surface area contributed by atoms with Crippen molar-refractivity contribution in [3.8, 4) is 0 Å². The second-order valence-electron chi connectivity index (χ2n) is 7.10. The predicted octanol–water partition coefficient (Wildman–Crippen LogP) is -0.112. The Bertz CT molecular complexity index is 1170. The number of carbonyl (C=O) groups excluding carboxylic acids is 2. The molecule has 15 heteroatoms. The van der Waals surface area contributed by atoms with Crippen LogP contribution in [0.2, 0.25) is 0 Å². The number of fused-ring (bicyclic) bond motifs is 1. The SMILES string of the molecule is CSCO/N=C(\C(=O)NC1C(=O)N2C(C(=O)O)=C(C[n+]3ccccc3)CS[C@H]12)c1nsc(N)n1. The molecule has 34 heavy (non-hydrogen) atoms. The number of carboxylic acid groups (broad SMARTS) is 1. The summed E-state index contributed by atoms with van der Waals surface area (Å²) in [5.41, 5.74) is 5.95. The van der Waals surface area contributed by atoms with Gasteiger partial charge in [0.15, 0.2) is 30.0 Å². The molecule has 2 aromatic heterocycles. The summed E-state index contributed by atoms with van der Waals surface area (Å²) in [4.78, 5) is 48.2. The zero-order valence-electron chi connectivity index (χ0n) is 17.8. The van der Waals surface area contributed by atoms with Crippen LogP contribution >= 0.6 is 35.1 Å². The van der Waals surface area contributed by atoms with E-state index in [9.17, 15) is 19.5 Å². The van der Waals surface area contributed by atoms with Crippen molar-refractivity contribution in [3.05, 3.63) is 47.7 Å². The molecule has 0 aromatic carbocycles. The van der Waals surface area contributed by atoms with E-state index in [0.717, 1.165) is 11.5 Å². The lowest BCUT2D eigenvalue weighted by Crippen LogP contribution is -2.71. The summed E-state index contributed by atoms with van der Waals surface area (Å²) in [5.74, 6) is -1.86. The molecule has 0 spiro atoms. The summed E-state index contributed by atoms with van der Waals surface area (Å²) in [5, 5.41) is 15.8. The summed E-state index contributed by atoms with van der Waals surface area (Å²) in [6, 6.07) is 4.61. The number of amides is 2. The van der Waals surface area contributed by atoms with Crippen molar-refractivity contribution in [1.29, 1.82) is 0 Å². The van der Waals surface area contributed by atoms with Gasteiger partial charge in [0.05, 0.1) is 0 Å². The number of hydrogen-bond acceptors (Lipinski definition) is 11. The number of nitrogen functional groups attached to an aromatic ring is 1. The van der Waals surface area contributed by atoms with E-state index in [0.29, 0.717) is 17.9 Å². The molecule has 2 aromatic rings. The first kappa shape index (κ1) is 24.0.